The number of ether oxygens (including phenoxy) is 1. The summed E-state index contributed by atoms with van der Waals surface area (Å²) in [6.07, 6.45) is 0.460. The molecular formula is C29H38F3N3O5S. The number of halogens is 3. The average molecular weight is 598 g/mol. The molecule has 8 nitrogen and oxygen atoms in total. The van der Waals surface area contributed by atoms with Crippen LogP contribution in [-0.2, 0) is 32.3 Å². The molecule has 2 aromatic rings. The van der Waals surface area contributed by atoms with Crippen molar-refractivity contribution in [3.63, 3.8) is 0 Å². The Hall–Kier alpha value is -3.28. The van der Waals surface area contributed by atoms with Crippen LogP contribution in [0, 0.1) is 0 Å². The van der Waals surface area contributed by atoms with Gasteiger partial charge in [-0.05, 0) is 61.6 Å². The molecule has 0 saturated heterocycles. The first-order valence-electron chi connectivity index (χ1n) is 13.7. The molecule has 0 radical (unpaired) electrons. The van der Waals surface area contributed by atoms with Crippen LogP contribution in [0.25, 0.3) is 0 Å². The fourth-order valence-corrected chi connectivity index (χ4v) is 6.01. The van der Waals surface area contributed by atoms with Gasteiger partial charge in [-0.25, -0.2) is 8.42 Å². The second kappa shape index (κ2) is 14.1. The molecule has 0 spiro atoms. The van der Waals surface area contributed by atoms with Crippen LogP contribution in [0.3, 0.4) is 0 Å². The third-order valence-electron chi connectivity index (χ3n) is 7.21. The SMILES string of the molecule is CC[C@@H](C(=O)NC1CCCC1)N(Cc1ccc(OC)cc1)C(=O)CCCN(c1cccc(C(F)(F)F)c1)S(C)(=O)=O. The Kier molecular flexibility index (Phi) is 11.1. The van der Waals surface area contributed by atoms with Gasteiger partial charge in [-0.15, -0.1) is 0 Å². The van der Waals surface area contributed by atoms with Gasteiger partial charge in [0.15, 0.2) is 0 Å². The number of benzene rings is 2. The molecule has 2 aromatic carbocycles. The van der Waals surface area contributed by atoms with Crippen LogP contribution in [0.15, 0.2) is 48.5 Å². The first-order valence-corrected chi connectivity index (χ1v) is 15.6. The van der Waals surface area contributed by atoms with Gasteiger partial charge in [0.2, 0.25) is 21.8 Å². The van der Waals surface area contributed by atoms with Crippen LogP contribution >= 0.6 is 0 Å². The topological polar surface area (TPSA) is 96.0 Å². The maximum atomic E-state index is 13.6. The lowest BCUT2D eigenvalue weighted by Crippen LogP contribution is -2.51. The minimum atomic E-state index is -4.63. The lowest BCUT2D eigenvalue weighted by atomic mass is 10.1. The Morgan fingerprint density at radius 3 is 2.32 bits per heavy atom. The van der Waals surface area contributed by atoms with Crippen LogP contribution < -0.4 is 14.4 Å². The van der Waals surface area contributed by atoms with Crippen molar-refractivity contribution in [2.75, 3.05) is 24.2 Å². The number of nitrogens with one attached hydrogen (secondary N) is 1. The summed E-state index contributed by atoms with van der Waals surface area (Å²) in [4.78, 5) is 28.3. The maximum absolute atomic E-state index is 13.6. The van der Waals surface area contributed by atoms with Crippen LogP contribution in [0.5, 0.6) is 5.75 Å². The van der Waals surface area contributed by atoms with Gasteiger partial charge in [0, 0.05) is 25.6 Å². The highest BCUT2D eigenvalue weighted by Gasteiger charge is 2.33. The first-order chi connectivity index (χ1) is 19.3. The Bertz CT molecular complexity index is 1280. The molecule has 0 unspecified atom stereocenters. The molecule has 1 saturated carbocycles. The minimum absolute atomic E-state index is 0.0436. The van der Waals surface area contributed by atoms with Crippen molar-refractivity contribution >= 4 is 27.5 Å². The molecule has 12 heteroatoms. The molecule has 1 N–H and O–H groups in total. The summed E-state index contributed by atoms with van der Waals surface area (Å²) in [5, 5.41) is 3.07. The van der Waals surface area contributed by atoms with Gasteiger partial charge in [-0.3, -0.25) is 13.9 Å². The Morgan fingerprint density at radius 2 is 1.76 bits per heavy atom. The maximum Gasteiger partial charge on any atom is 0.416 e. The van der Waals surface area contributed by atoms with Crippen molar-refractivity contribution < 1.29 is 35.9 Å². The van der Waals surface area contributed by atoms with Crippen LogP contribution in [0.4, 0.5) is 18.9 Å². The predicted molar refractivity (Wildman–Crippen MR) is 151 cm³/mol. The molecule has 1 aliphatic carbocycles. The highest BCUT2D eigenvalue weighted by Crippen LogP contribution is 2.32. The average Bonchev–Trinajstić information content (AvgIpc) is 3.43. The number of alkyl halides is 3. The zero-order valence-corrected chi connectivity index (χ0v) is 24.4. The van der Waals surface area contributed by atoms with Crippen LogP contribution in [-0.4, -0.2) is 57.1 Å². The van der Waals surface area contributed by atoms with E-state index in [1.165, 1.54) is 11.0 Å². The zero-order valence-electron chi connectivity index (χ0n) is 23.6. The Morgan fingerprint density at radius 1 is 1.10 bits per heavy atom. The fourth-order valence-electron chi connectivity index (χ4n) is 5.06. The number of methoxy groups -OCH3 is 1. The zero-order chi connectivity index (χ0) is 30.2. The number of sulfonamides is 1. The summed E-state index contributed by atoms with van der Waals surface area (Å²) in [5.74, 6) is 0.0582. The number of anilines is 1. The van der Waals surface area contributed by atoms with E-state index in [0.29, 0.717) is 12.2 Å². The number of amides is 2. The van der Waals surface area contributed by atoms with Crippen molar-refractivity contribution in [1.82, 2.24) is 10.2 Å². The van der Waals surface area contributed by atoms with Crippen molar-refractivity contribution in [3.8, 4) is 5.75 Å². The lowest BCUT2D eigenvalue weighted by Gasteiger charge is -2.32. The Balaban J connectivity index is 1.78. The monoisotopic (exact) mass is 597 g/mol. The van der Waals surface area contributed by atoms with E-state index in [1.54, 1.807) is 31.4 Å². The predicted octanol–water partition coefficient (Wildman–Crippen LogP) is 5.13. The standard InChI is InChI=1S/C29H38F3N3O5S/c1-4-26(28(37)33-23-10-5-6-11-23)34(20-21-14-16-25(40-2)17-15-21)27(36)13-8-18-35(41(3,38)39)24-12-7-9-22(19-24)29(30,31)32/h7,9,12,14-17,19,23,26H,4-6,8,10-11,13,18,20H2,1-3H3,(H,33,37)/t26-/m0/s1. The van der Waals surface area contributed by atoms with Gasteiger partial charge in [0.05, 0.1) is 24.6 Å². The molecule has 1 fully saturated rings. The number of nitrogens with zero attached hydrogens (tertiary/aromatic N) is 2. The van der Waals surface area contributed by atoms with Gasteiger partial charge in [-0.2, -0.15) is 13.2 Å². The normalized spacial score (nSPS) is 14.9. The van der Waals surface area contributed by atoms with E-state index in [0.717, 1.165) is 60.0 Å². The molecule has 0 aromatic heterocycles. The summed E-state index contributed by atoms with van der Waals surface area (Å²) in [6, 6.07) is 10.5. The largest absolute Gasteiger partial charge is 0.497 e. The summed E-state index contributed by atoms with van der Waals surface area (Å²) >= 11 is 0. The number of hydrogen-bond donors (Lipinski definition) is 1. The van der Waals surface area contributed by atoms with E-state index in [9.17, 15) is 31.2 Å². The van der Waals surface area contributed by atoms with Crippen molar-refractivity contribution in [2.45, 2.75) is 76.7 Å². The number of carbonyl (C=O) groups excluding carboxylic acids is 2. The number of rotatable bonds is 13. The summed E-state index contributed by atoms with van der Waals surface area (Å²) in [6.45, 7) is 1.78. The van der Waals surface area contributed by atoms with Gasteiger partial charge >= 0.3 is 6.18 Å². The quantitative estimate of drug-likeness (QED) is 0.346. The molecule has 0 bridgehead atoms. The van der Waals surface area contributed by atoms with Crippen molar-refractivity contribution in [2.24, 2.45) is 0 Å². The molecule has 1 aliphatic rings. The second-order valence-corrected chi connectivity index (χ2v) is 12.2. The molecule has 226 valence electrons. The summed E-state index contributed by atoms with van der Waals surface area (Å²) in [7, 11) is -2.39. The second-order valence-electron chi connectivity index (χ2n) is 10.3. The van der Waals surface area contributed by atoms with E-state index >= 15 is 0 Å². The van der Waals surface area contributed by atoms with Crippen LogP contribution in [0.1, 0.15) is 63.0 Å². The molecule has 0 heterocycles. The van der Waals surface area contributed by atoms with Crippen LogP contribution in [0.2, 0.25) is 0 Å². The van der Waals surface area contributed by atoms with E-state index in [1.807, 2.05) is 6.92 Å². The molecule has 0 aliphatic heterocycles. The smallest absolute Gasteiger partial charge is 0.416 e. The van der Waals surface area contributed by atoms with Crippen molar-refractivity contribution in [1.29, 1.82) is 0 Å². The first kappa shape index (κ1) is 32.2. The fraction of sp³-hybridized carbons (Fsp3) is 0.517. The molecule has 1 atom stereocenters. The van der Waals surface area contributed by atoms with E-state index in [2.05, 4.69) is 5.32 Å². The third kappa shape index (κ3) is 9.11. The van der Waals surface area contributed by atoms with Gasteiger partial charge in [-0.1, -0.05) is 38.0 Å². The van der Waals surface area contributed by atoms with E-state index in [4.69, 9.17) is 4.74 Å². The minimum Gasteiger partial charge on any atom is -0.497 e. The van der Waals surface area contributed by atoms with Gasteiger partial charge in [0.25, 0.3) is 0 Å². The highest BCUT2D eigenvalue weighted by atomic mass is 32.2. The van der Waals surface area contributed by atoms with Crippen molar-refractivity contribution in [3.05, 3.63) is 59.7 Å². The van der Waals surface area contributed by atoms with Gasteiger partial charge in [0.1, 0.15) is 11.8 Å². The molecule has 41 heavy (non-hydrogen) atoms. The summed E-state index contributed by atoms with van der Waals surface area (Å²) < 4.78 is 70.8. The van der Waals surface area contributed by atoms with Gasteiger partial charge < -0.3 is 15.0 Å². The van der Waals surface area contributed by atoms with E-state index in [-0.39, 0.29) is 49.5 Å². The number of carbonyl (C=O) groups is 2. The lowest BCUT2D eigenvalue weighted by molar-refractivity contribution is -0.141. The highest BCUT2D eigenvalue weighted by molar-refractivity contribution is 7.92. The summed E-state index contributed by atoms with van der Waals surface area (Å²) in [5.41, 5.74) is -0.315. The molecule has 3 rings (SSSR count). The molecular weight excluding hydrogens is 559 g/mol. The Labute approximate surface area is 239 Å². The number of hydrogen-bond acceptors (Lipinski definition) is 5. The van der Waals surface area contributed by atoms with E-state index < -0.39 is 27.8 Å². The molecule has 2 amide bonds. The third-order valence-corrected chi connectivity index (χ3v) is 8.41.